The standard InChI is InChI=1S/C18H18ClN3O3S/c1-12-8-15(5-6-16(12)19)26(23,24)21-14-4-7-17(18(9-14)25-3)22-10-13(2)20-11-22/h4-11,21H,1-3H3. The lowest BCUT2D eigenvalue weighted by atomic mass is 10.2. The molecule has 26 heavy (non-hydrogen) atoms. The van der Waals surface area contributed by atoms with E-state index in [2.05, 4.69) is 9.71 Å². The van der Waals surface area contributed by atoms with Gasteiger partial charge in [-0.05, 0) is 49.7 Å². The summed E-state index contributed by atoms with van der Waals surface area (Å²) < 4.78 is 35.0. The minimum absolute atomic E-state index is 0.146. The molecule has 3 rings (SSSR count). The van der Waals surface area contributed by atoms with Crippen molar-refractivity contribution in [3.05, 3.63) is 65.2 Å². The van der Waals surface area contributed by atoms with Gasteiger partial charge in [0.2, 0.25) is 0 Å². The minimum Gasteiger partial charge on any atom is -0.494 e. The highest BCUT2D eigenvalue weighted by atomic mass is 35.5. The van der Waals surface area contributed by atoms with Crippen LogP contribution >= 0.6 is 11.6 Å². The fraction of sp³-hybridized carbons (Fsp3) is 0.167. The van der Waals surface area contributed by atoms with Crippen molar-refractivity contribution in [2.75, 3.05) is 11.8 Å². The van der Waals surface area contributed by atoms with Gasteiger partial charge in [0, 0.05) is 17.3 Å². The second-order valence-electron chi connectivity index (χ2n) is 5.83. The van der Waals surface area contributed by atoms with Gasteiger partial charge in [-0.25, -0.2) is 13.4 Å². The predicted octanol–water partition coefficient (Wildman–Crippen LogP) is 3.95. The van der Waals surface area contributed by atoms with E-state index in [0.29, 0.717) is 22.0 Å². The van der Waals surface area contributed by atoms with Crippen LogP contribution in [0.25, 0.3) is 5.69 Å². The van der Waals surface area contributed by atoms with Crippen molar-refractivity contribution in [2.24, 2.45) is 0 Å². The summed E-state index contributed by atoms with van der Waals surface area (Å²) in [4.78, 5) is 4.34. The maximum Gasteiger partial charge on any atom is 0.261 e. The molecule has 3 aromatic rings. The zero-order chi connectivity index (χ0) is 18.9. The Hall–Kier alpha value is -2.51. The van der Waals surface area contributed by atoms with Crippen LogP contribution in [0, 0.1) is 13.8 Å². The molecule has 0 amide bonds. The average Bonchev–Trinajstić information content (AvgIpc) is 3.03. The summed E-state index contributed by atoms with van der Waals surface area (Å²) in [6.07, 6.45) is 3.53. The largest absolute Gasteiger partial charge is 0.494 e. The highest BCUT2D eigenvalue weighted by Gasteiger charge is 2.16. The minimum atomic E-state index is -3.73. The first-order valence-electron chi connectivity index (χ1n) is 7.78. The number of hydrogen-bond donors (Lipinski definition) is 1. The molecule has 6 nitrogen and oxygen atoms in total. The summed E-state index contributed by atoms with van der Waals surface area (Å²) in [7, 11) is -2.20. The molecule has 2 aromatic carbocycles. The van der Waals surface area contributed by atoms with Crippen molar-refractivity contribution in [1.29, 1.82) is 0 Å². The molecular formula is C18H18ClN3O3S. The molecule has 0 bridgehead atoms. The van der Waals surface area contributed by atoms with Gasteiger partial charge in [-0.3, -0.25) is 4.72 Å². The number of aromatic nitrogens is 2. The Balaban J connectivity index is 1.93. The van der Waals surface area contributed by atoms with Crippen LogP contribution in [0.4, 0.5) is 5.69 Å². The first kappa shape index (κ1) is 18.3. The SMILES string of the molecule is COc1cc(NS(=O)(=O)c2ccc(Cl)c(C)c2)ccc1-n1cnc(C)c1. The number of nitrogens with one attached hydrogen (secondary N) is 1. The Kier molecular flexibility index (Phi) is 4.93. The predicted molar refractivity (Wildman–Crippen MR) is 102 cm³/mol. The molecule has 0 unspecified atom stereocenters. The molecule has 0 fully saturated rings. The maximum absolute atomic E-state index is 12.6. The van der Waals surface area contributed by atoms with Gasteiger partial charge >= 0.3 is 0 Å². The van der Waals surface area contributed by atoms with Crippen LogP contribution in [0.15, 0.2) is 53.8 Å². The number of halogens is 1. The number of benzene rings is 2. The van der Waals surface area contributed by atoms with E-state index in [1.165, 1.54) is 19.2 Å². The fourth-order valence-electron chi connectivity index (χ4n) is 2.51. The molecule has 8 heteroatoms. The molecule has 0 aliphatic heterocycles. The van der Waals surface area contributed by atoms with Crippen LogP contribution in [-0.4, -0.2) is 25.1 Å². The van der Waals surface area contributed by atoms with Crippen molar-refractivity contribution in [1.82, 2.24) is 9.55 Å². The summed E-state index contributed by atoms with van der Waals surface area (Å²) in [6.45, 7) is 3.64. The van der Waals surface area contributed by atoms with Gasteiger partial charge in [-0.2, -0.15) is 0 Å². The van der Waals surface area contributed by atoms with E-state index in [-0.39, 0.29) is 4.90 Å². The third kappa shape index (κ3) is 3.68. The quantitative estimate of drug-likeness (QED) is 0.714. The molecule has 0 saturated carbocycles. The van der Waals surface area contributed by atoms with E-state index in [0.717, 1.165) is 11.4 Å². The van der Waals surface area contributed by atoms with Gasteiger partial charge in [0.1, 0.15) is 5.75 Å². The van der Waals surface area contributed by atoms with Crippen molar-refractivity contribution < 1.29 is 13.2 Å². The van der Waals surface area contributed by atoms with Gasteiger partial charge in [0.25, 0.3) is 10.0 Å². The molecule has 1 heterocycles. The van der Waals surface area contributed by atoms with Gasteiger partial charge < -0.3 is 9.30 Å². The molecule has 0 radical (unpaired) electrons. The highest BCUT2D eigenvalue weighted by Crippen LogP contribution is 2.28. The highest BCUT2D eigenvalue weighted by molar-refractivity contribution is 7.92. The van der Waals surface area contributed by atoms with Crippen LogP contribution in [0.5, 0.6) is 5.75 Å². The Morgan fingerprint density at radius 2 is 1.92 bits per heavy atom. The number of methoxy groups -OCH3 is 1. The molecule has 1 N–H and O–H groups in total. The average molecular weight is 392 g/mol. The van der Waals surface area contributed by atoms with Crippen LogP contribution < -0.4 is 9.46 Å². The van der Waals surface area contributed by atoms with Gasteiger partial charge in [-0.15, -0.1) is 0 Å². The number of sulfonamides is 1. The molecule has 1 aromatic heterocycles. The van der Waals surface area contributed by atoms with Gasteiger partial charge in [0.05, 0.1) is 35.4 Å². The first-order chi connectivity index (χ1) is 12.3. The second kappa shape index (κ2) is 7.01. The lowest BCUT2D eigenvalue weighted by molar-refractivity contribution is 0.413. The zero-order valence-corrected chi connectivity index (χ0v) is 16.1. The monoisotopic (exact) mass is 391 g/mol. The summed E-state index contributed by atoms with van der Waals surface area (Å²) in [6, 6.07) is 9.64. The molecule has 0 aliphatic rings. The molecule has 0 atom stereocenters. The normalized spacial score (nSPS) is 11.4. The second-order valence-corrected chi connectivity index (χ2v) is 7.92. The van der Waals surface area contributed by atoms with E-state index < -0.39 is 10.0 Å². The molecule has 136 valence electrons. The van der Waals surface area contributed by atoms with E-state index in [1.807, 2.05) is 17.7 Å². The van der Waals surface area contributed by atoms with Crippen LogP contribution in [0.3, 0.4) is 0 Å². The van der Waals surface area contributed by atoms with Gasteiger partial charge in [-0.1, -0.05) is 11.6 Å². The number of rotatable bonds is 5. The van der Waals surface area contributed by atoms with Crippen molar-refractivity contribution in [3.8, 4) is 11.4 Å². The summed E-state index contributed by atoms with van der Waals surface area (Å²) >= 11 is 5.97. The fourth-order valence-corrected chi connectivity index (χ4v) is 3.76. The van der Waals surface area contributed by atoms with Crippen molar-refractivity contribution in [2.45, 2.75) is 18.7 Å². The number of anilines is 1. The lowest BCUT2D eigenvalue weighted by Gasteiger charge is -2.13. The summed E-state index contributed by atoms with van der Waals surface area (Å²) in [5.74, 6) is 0.523. The van der Waals surface area contributed by atoms with E-state index >= 15 is 0 Å². The molecular weight excluding hydrogens is 374 g/mol. The van der Waals surface area contributed by atoms with Crippen LogP contribution in [0.1, 0.15) is 11.3 Å². The number of nitrogens with zero attached hydrogens (tertiary/aromatic N) is 2. The number of ether oxygens (including phenoxy) is 1. The smallest absolute Gasteiger partial charge is 0.261 e. The lowest BCUT2D eigenvalue weighted by Crippen LogP contribution is -2.13. The Morgan fingerprint density at radius 1 is 1.15 bits per heavy atom. The van der Waals surface area contributed by atoms with Crippen molar-refractivity contribution in [3.63, 3.8) is 0 Å². The van der Waals surface area contributed by atoms with Crippen LogP contribution in [0.2, 0.25) is 5.02 Å². The first-order valence-corrected chi connectivity index (χ1v) is 9.64. The molecule has 0 aliphatic carbocycles. The third-order valence-electron chi connectivity index (χ3n) is 3.86. The Labute approximate surface area is 157 Å². The van der Waals surface area contributed by atoms with Gasteiger partial charge in [0.15, 0.2) is 0 Å². The Bertz CT molecular complexity index is 1060. The maximum atomic E-state index is 12.6. The van der Waals surface area contributed by atoms with E-state index in [9.17, 15) is 8.42 Å². The molecule has 0 saturated heterocycles. The van der Waals surface area contributed by atoms with Crippen LogP contribution in [-0.2, 0) is 10.0 Å². The zero-order valence-electron chi connectivity index (χ0n) is 14.5. The third-order valence-corrected chi connectivity index (χ3v) is 5.66. The number of imidazole rings is 1. The Morgan fingerprint density at radius 3 is 2.54 bits per heavy atom. The summed E-state index contributed by atoms with van der Waals surface area (Å²) in [5.41, 5.74) is 2.72. The topological polar surface area (TPSA) is 73.2 Å². The number of aryl methyl sites for hydroxylation is 2. The van der Waals surface area contributed by atoms with E-state index in [4.69, 9.17) is 16.3 Å². The van der Waals surface area contributed by atoms with Crippen molar-refractivity contribution >= 4 is 27.3 Å². The van der Waals surface area contributed by atoms with E-state index in [1.54, 1.807) is 37.5 Å². The summed E-state index contributed by atoms with van der Waals surface area (Å²) in [5, 5.41) is 0.519. The molecule has 0 spiro atoms. The number of hydrogen-bond acceptors (Lipinski definition) is 4.